The lowest BCUT2D eigenvalue weighted by atomic mass is 10.1. The van der Waals surface area contributed by atoms with Gasteiger partial charge in [0.2, 0.25) is 0 Å². The predicted molar refractivity (Wildman–Crippen MR) is 109 cm³/mol. The van der Waals surface area contributed by atoms with Gasteiger partial charge in [-0.25, -0.2) is 0 Å². The highest BCUT2D eigenvalue weighted by atomic mass is 79.9. The Hall–Kier alpha value is -2.45. The molecular formula is C18H18BrN3O3S. The van der Waals surface area contributed by atoms with Crippen LogP contribution in [0.25, 0.3) is 0 Å². The van der Waals surface area contributed by atoms with Crippen LogP contribution < -0.4 is 21.1 Å². The second kappa shape index (κ2) is 8.77. The smallest absolute Gasteiger partial charge is 0.257 e. The van der Waals surface area contributed by atoms with Gasteiger partial charge >= 0.3 is 0 Å². The number of rotatable bonds is 5. The summed E-state index contributed by atoms with van der Waals surface area (Å²) in [5.41, 5.74) is 6.43. The van der Waals surface area contributed by atoms with Crippen molar-refractivity contribution in [2.45, 2.75) is 20.0 Å². The third-order valence-electron chi connectivity index (χ3n) is 3.22. The van der Waals surface area contributed by atoms with Crippen molar-refractivity contribution in [3.8, 4) is 5.75 Å². The number of nitrogens with one attached hydrogen (secondary N) is 2. The van der Waals surface area contributed by atoms with Crippen molar-refractivity contribution in [2.75, 3.05) is 5.32 Å². The molecule has 0 atom stereocenters. The van der Waals surface area contributed by atoms with Crippen LogP contribution in [0.5, 0.6) is 5.75 Å². The predicted octanol–water partition coefficient (Wildman–Crippen LogP) is 3.46. The molecule has 0 saturated heterocycles. The van der Waals surface area contributed by atoms with Gasteiger partial charge in [0.15, 0.2) is 5.11 Å². The first-order valence-corrected chi connectivity index (χ1v) is 8.95. The molecule has 0 unspecified atom stereocenters. The maximum atomic E-state index is 12.4. The van der Waals surface area contributed by atoms with Crippen LogP contribution in [0.4, 0.5) is 5.69 Å². The number of nitrogens with two attached hydrogens (primary N) is 1. The quantitative estimate of drug-likeness (QED) is 0.625. The van der Waals surface area contributed by atoms with E-state index in [0.29, 0.717) is 21.5 Å². The van der Waals surface area contributed by atoms with Crippen LogP contribution in [0.2, 0.25) is 0 Å². The van der Waals surface area contributed by atoms with Gasteiger partial charge in [0.05, 0.1) is 21.8 Å². The molecule has 8 heteroatoms. The molecule has 0 saturated carbocycles. The minimum atomic E-state index is -0.591. The number of amides is 2. The number of carbonyl (C=O) groups excluding carboxylic acids is 2. The van der Waals surface area contributed by atoms with Crippen molar-refractivity contribution in [2.24, 2.45) is 5.73 Å². The average molecular weight is 436 g/mol. The standard InChI is InChI=1S/C18H18BrN3O3S/c1-10(2)25-15-8-7-11(9-13(15)19)17(24)22-18(26)21-14-6-4-3-5-12(14)16(20)23/h3-10H,1-2H3,(H2,20,23)(H2,21,22,24,26). The van der Waals surface area contributed by atoms with E-state index in [9.17, 15) is 9.59 Å². The number of ether oxygens (including phenoxy) is 1. The second-order valence-electron chi connectivity index (χ2n) is 5.63. The topological polar surface area (TPSA) is 93.4 Å². The molecule has 0 fully saturated rings. The third kappa shape index (κ3) is 5.27. The summed E-state index contributed by atoms with van der Waals surface area (Å²) >= 11 is 8.53. The maximum absolute atomic E-state index is 12.4. The Kier molecular flexibility index (Phi) is 6.70. The first-order valence-electron chi connectivity index (χ1n) is 7.75. The monoisotopic (exact) mass is 435 g/mol. The zero-order valence-corrected chi connectivity index (χ0v) is 16.6. The van der Waals surface area contributed by atoms with Gasteiger partial charge < -0.3 is 15.8 Å². The number of hydrogen-bond acceptors (Lipinski definition) is 4. The van der Waals surface area contributed by atoms with Crippen LogP contribution in [0, 0.1) is 0 Å². The fourth-order valence-electron chi connectivity index (χ4n) is 2.13. The van der Waals surface area contributed by atoms with Crippen molar-refractivity contribution in [3.63, 3.8) is 0 Å². The lowest BCUT2D eigenvalue weighted by molar-refractivity contribution is 0.0975. The largest absolute Gasteiger partial charge is 0.490 e. The molecule has 2 amide bonds. The van der Waals surface area contributed by atoms with Gasteiger partial charge in [0, 0.05) is 5.56 Å². The van der Waals surface area contributed by atoms with E-state index in [1.165, 1.54) is 0 Å². The molecule has 2 rings (SSSR count). The summed E-state index contributed by atoms with van der Waals surface area (Å²) in [6.07, 6.45) is 0.0214. The molecule has 136 valence electrons. The Labute approximate surface area is 165 Å². The Morgan fingerprint density at radius 1 is 1.19 bits per heavy atom. The van der Waals surface area contributed by atoms with E-state index in [4.69, 9.17) is 22.7 Å². The van der Waals surface area contributed by atoms with Gasteiger partial charge in [0.25, 0.3) is 11.8 Å². The summed E-state index contributed by atoms with van der Waals surface area (Å²) in [4.78, 5) is 23.8. The van der Waals surface area contributed by atoms with E-state index in [-0.39, 0.29) is 16.8 Å². The van der Waals surface area contributed by atoms with Gasteiger partial charge in [-0.3, -0.25) is 14.9 Å². The fourth-order valence-corrected chi connectivity index (χ4v) is 2.80. The molecule has 26 heavy (non-hydrogen) atoms. The highest BCUT2D eigenvalue weighted by molar-refractivity contribution is 9.10. The minimum Gasteiger partial charge on any atom is -0.490 e. The second-order valence-corrected chi connectivity index (χ2v) is 6.89. The molecule has 0 bridgehead atoms. The first kappa shape index (κ1) is 19.9. The molecule has 0 aromatic heterocycles. The van der Waals surface area contributed by atoms with E-state index in [1.54, 1.807) is 42.5 Å². The molecule has 2 aromatic rings. The van der Waals surface area contributed by atoms with Crippen LogP contribution in [0.15, 0.2) is 46.9 Å². The Balaban J connectivity index is 2.07. The van der Waals surface area contributed by atoms with Crippen molar-refractivity contribution in [1.29, 1.82) is 0 Å². The maximum Gasteiger partial charge on any atom is 0.257 e. The van der Waals surface area contributed by atoms with E-state index >= 15 is 0 Å². The molecule has 0 aliphatic carbocycles. The van der Waals surface area contributed by atoms with Gasteiger partial charge in [-0.05, 0) is 72.3 Å². The molecule has 0 heterocycles. The van der Waals surface area contributed by atoms with Crippen molar-refractivity contribution in [1.82, 2.24) is 5.32 Å². The highest BCUT2D eigenvalue weighted by Gasteiger charge is 2.13. The summed E-state index contributed by atoms with van der Waals surface area (Å²) < 4.78 is 6.28. The molecule has 0 aliphatic heterocycles. The van der Waals surface area contributed by atoms with E-state index < -0.39 is 11.8 Å². The summed E-state index contributed by atoms with van der Waals surface area (Å²) in [7, 11) is 0. The average Bonchev–Trinajstić information content (AvgIpc) is 2.56. The van der Waals surface area contributed by atoms with E-state index in [2.05, 4.69) is 26.6 Å². The van der Waals surface area contributed by atoms with Gasteiger partial charge in [-0.2, -0.15) is 0 Å². The summed E-state index contributed by atoms with van der Waals surface area (Å²) in [6.45, 7) is 3.84. The third-order valence-corrected chi connectivity index (χ3v) is 4.05. The lowest BCUT2D eigenvalue weighted by Gasteiger charge is -2.14. The Bertz CT molecular complexity index is 855. The number of benzene rings is 2. The summed E-state index contributed by atoms with van der Waals surface area (Å²) in [6, 6.07) is 11.6. The summed E-state index contributed by atoms with van der Waals surface area (Å²) in [5.74, 6) is -0.338. The van der Waals surface area contributed by atoms with Crippen molar-refractivity contribution < 1.29 is 14.3 Å². The number of anilines is 1. The number of halogens is 1. The molecule has 0 aliphatic rings. The SMILES string of the molecule is CC(C)Oc1ccc(C(=O)NC(=S)Nc2ccccc2C(N)=O)cc1Br. The zero-order valence-electron chi connectivity index (χ0n) is 14.2. The number of primary amides is 1. The van der Waals surface area contributed by atoms with E-state index in [1.807, 2.05) is 13.8 Å². The van der Waals surface area contributed by atoms with Crippen LogP contribution in [-0.4, -0.2) is 23.0 Å². The number of carbonyl (C=O) groups is 2. The number of thiocarbonyl (C=S) groups is 1. The van der Waals surface area contributed by atoms with Gasteiger partial charge in [-0.1, -0.05) is 12.1 Å². The van der Waals surface area contributed by atoms with Gasteiger partial charge in [-0.15, -0.1) is 0 Å². The molecule has 6 nitrogen and oxygen atoms in total. The van der Waals surface area contributed by atoms with Crippen LogP contribution in [0.1, 0.15) is 34.6 Å². The van der Waals surface area contributed by atoms with E-state index in [0.717, 1.165) is 0 Å². The fraction of sp³-hybridized carbons (Fsp3) is 0.167. The molecule has 0 spiro atoms. The Morgan fingerprint density at radius 2 is 1.88 bits per heavy atom. The highest BCUT2D eigenvalue weighted by Crippen LogP contribution is 2.27. The molecular weight excluding hydrogens is 418 g/mol. The van der Waals surface area contributed by atoms with Crippen molar-refractivity contribution in [3.05, 3.63) is 58.1 Å². The van der Waals surface area contributed by atoms with Crippen molar-refractivity contribution >= 4 is 50.8 Å². The Morgan fingerprint density at radius 3 is 2.50 bits per heavy atom. The zero-order chi connectivity index (χ0) is 19.3. The van der Waals surface area contributed by atoms with Gasteiger partial charge in [0.1, 0.15) is 5.75 Å². The lowest BCUT2D eigenvalue weighted by Crippen LogP contribution is -2.34. The minimum absolute atomic E-state index is 0.0214. The summed E-state index contributed by atoms with van der Waals surface area (Å²) in [5, 5.41) is 5.43. The van der Waals surface area contributed by atoms with Crippen LogP contribution in [-0.2, 0) is 0 Å². The number of hydrogen-bond donors (Lipinski definition) is 3. The van der Waals surface area contributed by atoms with Crippen LogP contribution in [0.3, 0.4) is 0 Å². The normalized spacial score (nSPS) is 10.3. The molecule has 0 radical (unpaired) electrons. The first-order chi connectivity index (χ1) is 12.3. The number of para-hydroxylation sites is 1. The molecule has 2 aromatic carbocycles. The molecule has 4 N–H and O–H groups in total. The van der Waals surface area contributed by atoms with Crippen LogP contribution >= 0.6 is 28.1 Å².